The zero-order valence-corrected chi connectivity index (χ0v) is 13.6. The summed E-state index contributed by atoms with van der Waals surface area (Å²) < 4.78 is 0. The van der Waals surface area contributed by atoms with E-state index in [1.165, 1.54) is 9.75 Å². The van der Waals surface area contributed by atoms with Gasteiger partial charge in [-0.05, 0) is 44.0 Å². The minimum atomic E-state index is 0.0526. The van der Waals surface area contributed by atoms with Crippen molar-refractivity contribution in [3.8, 4) is 0 Å². The summed E-state index contributed by atoms with van der Waals surface area (Å²) in [6.45, 7) is 4.45. The first-order valence-electron chi connectivity index (χ1n) is 7.71. The van der Waals surface area contributed by atoms with Crippen LogP contribution in [0.15, 0.2) is 36.5 Å². The number of aromatic nitrogens is 1. The summed E-state index contributed by atoms with van der Waals surface area (Å²) in [5.41, 5.74) is 0. The molecule has 0 aromatic carbocycles. The summed E-state index contributed by atoms with van der Waals surface area (Å²) in [4.78, 5) is 21.5. The highest BCUT2D eigenvalue weighted by Gasteiger charge is 2.26. The van der Waals surface area contributed by atoms with Crippen molar-refractivity contribution in [1.82, 2.24) is 10.3 Å². The van der Waals surface area contributed by atoms with Crippen molar-refractivity contribution in [3.63, 3.8) is 0 Å². The molecule has 22 heavy (non-hydrogen) atoms. The maximum absolute atomic E-state index is 12.4. The number of anilines is 1. The van der Waals surface area contributed by atoms with E-state index in [-0.39, 0.29) is 11.8 Å². The number of amides is 1. The van der Waals surface area contributed by atoms with Crippen molar-refractivity contribution in [2.75, 3.05) is 18.0 Å². The lowest BCUT2D eigenvalue weighted by Gasteiger charge is -2.32. The first-order valence-corrected chi connectivity index (χ1v) is 8.53. The number of thiophene rings is 1. The summed E-state index contributed by atoms with van der Waals surface area (Å²) in [6.07, 6.45) is 3.80. The molecule has 0 aliphatic carbocycles. The van der Waals surface area contributed by atoms with E-state index in [0.29, 0.717) is 6.54 Å². The molecule has 0 saturated carbocycles. The summed E-state index contributed by atoms with van der Waals surface area (Å²) in [6, 6.07) is 10.1. The summed E-state index contributed by atoms with van der Waals surface area (Å²) in [5, 5.41) is 3.08. The van der Waals surface area contributed by atoms with Gasteiger partial charge in [0.15, 0.2) is 0 Å². The van der Waals surface area contributed by atoms with Crippen LogP contribution in [0, 0.1) is 12.8 Å². The molecule has 0 spiro atoms. The number of nitrogens with zero attached hydrogens (tertiary/aromatic N) is 2. The number of nitrogens with one attached hydrogen (secondary N) is 1. The number of aryl methyl sites for hydroxylation is 1. The molecular weight excluding hydrogens is 294 g/mol. The van der Waals surface area contributed by atoms with Gasteiger partial charge in [-0.1, -0.05) is 6.07 Å². The SMILES string of the molecule is Cc1ccc(CNC(=O)[C@@H]2CCCN(c3ccccn3)C2)s1. The minimum Gasteiger partial charge on any atom is -0.356 e. The van der Waals surface area contributed by atoms with Gasteiger partial charge in [-0.2, -0.15) is 0 Å². The molecule has 1 fully saturated rings. The molecule has 116 valence electrons. The second-order valence-corrected chi connectivity index (χ2v) is 7.08. The van der Waals surface area contributed by atoms with Crippen molar-refractivity contribution in [3.05, 3.63) is 46.3 Å². The molecule has 3 rings (SSSR count). The van der Waals surface area contributed by atoms with Gasteiger partial charge >= 0.3 is 0 Å². The Hall–Kier alpha value is -1.88. The Morgan fingerprint density at radius 3 is 3.05 bits per heavy atom. The van der Waals surface area contributed by atoms with E-state index in [1.807, 2.05) is 18.2 Å². The lowest BCUT2D eigenvalue weighted by Crippen LogP contribution is -2.43. The average molecular weight is 315 g/mol. The third-order valence-corrected chi connectivity index (χ3v) is 5.00. The third-order valence-electron chi connectivity index (χ3n) is 4.00. The molecule has 2 aromatic rings. The molecule has 1 amide bonds. The quantitative estimate of drug-likeness (QED) is 0.943. The molecule has 1 saturated heterocycles. The van der Waals surface area contributed by atoms with Gasteiger partial charge in [0, 0.05) is 29.0 Å². The molecule has 0 bridgehead atoms. The fourth-order valence-corrected chi connectivity index (χ4v) is 3.67. The van der Waals surface area contributed by atoms with Gasteiger partial charge in [-0.3, -0.25) is 4.79 Å². The molecule has 1 atom stereocenters. The normalized spacial score (nSPS) is 18.2. The number of pyridine rings is 1. The highest BCUT2D eigenvalue weighted by molar-refractivity contribution is 7.11. The first kappa shape index (κ1) is 15.0. The first-order chi connectivity index (χ1) is 10.7. The van der Waals surface area contributed by atoms with E-state index in [0.717, 1.165) is 31.7 Å². The molecule has 5 heteroatoms. The van der Waals surface area contributed by atoms with E-state index in [1.54, 1.807) is 17.5 Å². The highest BCUT2D eigenvalue weighted by Crippen LogP contribution is 2.22. The second kappa shape index (κ2) is 6.92. The fourth-order valence-electron chi connectivity index (χ4n) is 2.84. The van der Waals surface area contributed by atoms with Gasteiger partial charge in [-0.15, -0.1) is 11.3 Å². The van der Waals surface area contributed by atoms with E-state index < -0.39 is 0 Å². The zero-order chi connectivity index (χ0) is 15.4. The van der Waals surface area contributed by atoms with E-state index >= 15 is 0 Å². The predicted molar refractivity (Wildman–Crippen MR) is 90.1 cm³/mol. The van der Waals surface area contributed by atoms with Crippen molar-refractivity contribution in [2.24, 2.45) is 5.92 Å². The van der Waals surface area contributed by atoms with Crippen LogP contribution in [-0.2, 0) is 11.3 Å². The van der Waals surface area contributed by atoms with E-state index in [2.05, 4.69) is 34.3 Å². The van der Waals surface area contributed by atoms with Gasteiger partial charge in [0.1, 0.15) is 5.82 Å². The van der Waals surface area contributed by atoms with E-state index in [4.69, 9.17) is 0 Å². The Morgan fingerprint density at radius 1 is 1.41 bits per heavy atom. The molecule has 2 aromatic heterocycles. The molecule has 0 unspecified atom stereocenters. The maximum Gasteiger partial charge on any atom is 0.225 e. The monoisotopic (exact) mass is 315 g/mol. The number of hydrogen-bond acceptors (Lipinski definition) is 4. The van der Waals surface area contributed by atoms with Crippen molar-refractivity contribution < 1.29 is 4.79 Å². The van der Waals surface area contributed by atoms with Crippen LogP contribution in [0.3, 0.4) is 0 Å². The molecule has 1 N–H and O–H groups in total. The van der Waals surface area contributed by atoms with Crippen LogP contribution in [-0.4, -0.2) is 24.0 Å². The largest absolute Gasteiger partial charge is 0.356 e. The van der Waals surface area contributed by atoms with E-state index in [9.17, 15) is 4.79 Å². The van der Waals surface area contributed by atoms with Crippen LogP contribution in [0.25, 0.3) is 0 Å². The van der Waals surface area contributed by atoms with Gasteiger partial charge in [-0.25, -0.2) is 4.98 Å². The summed E-state index contributed by atoms with van der Waals surface area (Å²) in [7, 11) is 0. The number of hydrogen-bond donors (Lipinski definition) is 1. The van der Waals surface area contributed by atoms with Crippen LogP contribution in [0.4, 0.5) is 5.82 Å². The van der Waals surface area contributed by atoms with Gasteiger partial charge in [0.25, 0.3) is 0 Å². The predicted octanol–water partition coefficient (Wildman–Crippen LogP) is 2.98. The van der Waals surface area contributed by atoms with Crippen LogP contribution in [0.1, 0.15) is 22.6 Å². The Labute approximate surface area is 135 Å². The molecule has 1 aliphatic rings. The summed E-state index contributed by atoms with van der Waals surface area (Å²) in [5.74, 6) is 1.18. The number of carbonyl (C=O) groups excluding carboxylic acids is 1. The number of carbonyl (C=O) groups is 1. The lowest BCUT2D eigenvalue weighted by atomic mass is 9.97. The molecule has 1 aliphatic heterocycles. The highest BCUT2D eigenvalue weighted by atomic mass is 32.1. The Kier molecular flexibility index (Phi) is 4.73. The smallest absolute Gasteiger partial charge is 0.225 e. The topological polar surface area (TPSA) is 45.2 Å². The molecular formula is C17H21N3OS. The standard InChI is InChI=1S/C17H21N3OS/c1-13-7-8-15(22-13)11-19-17(21)14-5-4-10-20(12-14)16-6-2-3-9-18-16/h2-3,6-9,14H,4-5,10-12H2,1H3,(H,19,21)/t14-/m1/s1. The Bertz CT molecular complexity index is 626. The van der Waals surface area contributed by atoms with Gasteiger partial charge in [0.05, 0.1) is 12.5 Å². The van der Waals surface area contributed by atoms with Crippen molar-refractivity contribution in [2.45, 2.75) is 26.3 Å². The van der Waals surface area contributed by atoms with Crippen LogP contribution >= 0.6 is 11.3 Å². The minimum absolute atomic E-state index is 0.0526. The second-order valence-electron chi connectivity index (χ2n) is 5.70. The van der Waals surface area contributed by atoms with Crippen molar-refractivity contribution in [1.29, 1.82) is 0 Å². The average Bonchev–Trinajstić information content (AvgIpc) is 2.99. The van der Waals surface area contributed by atoms with Crippen LogP contribution in [0.5, 0.6) is 0 Å². The van der Waals surface area contributed by atoms with Crippen molar-refractivity contribution >= 4 is 23.1 Å². The molecule has 0 radical (unpaired) electrons. The zero-order valence-electron chi connectivity index (χ0n) is 12.8. The molecule has 3 heterocycles. The summed E-state index contributed by atoms with van der Waals surface area (Å²) >= 11 is 1.74. The fraction of sp³-hybridized carbons (Fsp3) is 0.412. The maximum atomic E-state index is 12.4. The third kappa shape index (κ3) is 3.65. The van der Waals surface area contributed by atoms with Gasteiger partial charge in [0.2, 0.25) is 5.91 Å². The number of rotatable bonds is 4. The Morgan fingerprint density at radius 2 is 2.32 bits per heavy atom. The molecule has 4 nitrogen and oxygen atoms in total. The lowest BCUT2D eigenvalue weighted by molar-refractivity contribution is -0.125. The Balaban J connectivity index is 1.56. The van der Waals surface area contributed by atoms with Crippen LogP contribution in [0.2, 0.25) is 0 Å². The van der Waals surface area contributed by atoms with Gasteiger partial charge < -0.3 is 10.2 Å². The number of piperidine rings is 1. The van der Waals surface area contributed by atoms with Crippen LogP contribution < -0.4 is 10.2 Å².